The highest BCUT2D eigenvalue weighted by molar-refractivity contribution is 4.90. The van der Waals surface area contributed by atoms with Gasteiger partial charge in [0, 0.05) is 0 Å². The van der Waals surface area contributed by atoms with Crippen molar-refractivity contribution in [3.05, 3.63) is 0 Å². The van der Waals surface area contributed by atoms with Gasteiger partial charge in [0.25, 0.3) is 0 Å². The van der Waals surface area contributed by atoms with Crippen LogP contribution in [0, 0.1) is 29.1 Å². The summed E-state index contributed by atoms with van der Waals surface area (Å²) >= 11 is 0. The van der Waals surface area contributed by atoms with E-state index in [2.05, 4.69) is 41.5 Å². The molecule has 1 aliphatic carbocycles. The fourth-order valence-corrected chi connectivity index (χ4v) is 3.88. The molecule has 3 atom stereocenters. The first-order chi connectivity index (χ1) is 7.93. The molecule has 1 saturated carbocycles. The molecule has 104 valence electrons. The average molecular weight is 240 g/mol. The molecule has 0 aromatic rings. The van der Waals surface area contributed by atoms with E-state index in [1.54, 1.807) is 0 Å². The van der Waals surface area contributed by atoms with Crippen molar-refractivity contribution in [3.8, 4) is 0 Å². The van der Waals surface area contributed by atoms with Crippen LogP contribution in [0.1, 0.15) is 81.1 Å². The summed E-state index contributed by atoms with van der Waals surface area (Å²) in [6, 6.07) is 0. The molecule has 0 heteroatoms. The van der Waals surface area contributed by atoms with Gasteiger partial charge < -0.3 is 0 Å². The van der Waals surface area contributed by atoms with Crippen molar-refractivity contribution in [3.63, 3.8) is 0 Å². The second kappa shape index (κ2) is 7.44. The predicted molar refractivity (Wildman–Crippen MR) is 80.3 cm³/mol. The minimum absolute atomic E-state index is 0.658. The lowest BCUT2D eigenvalue weighted by atomic mass is 9.58. The summed E-state index contributed by atoms with van der Waals surface area (Å²) in [5.41, 5.74) is 0.658. The molecule has 0 bridgehead atoms. The molecule has 1 rings (SSSR count). The summed E-state index contributed by atoms with van der Waals surface area (Å²) in [4.78, 5) is 0. The summed E-state index contributed by atoms with van der Waals surface area (Å²) in [5, 5.41) is 0. The Hall–Kier alpha value is 0. The minimum Gasteiger partial charge on any atom is -0.0683 e. The Labute approximate surface area is 111 Å². The summed E-state index contributed by atoms with van der Waals surface area (Å²) in [6.07, 6.45) is 5.77. The van der Waals surface area contributed by atoms with Crippen LogP contribution < -0.4 is 0 Å². The van der Waals surface area contributed by atoms with Crippen LogP contribution in [0.3, 0.4) is 0 Å². The molecule has 1 aliphatic rings. The fourth-order valence-electron chi connectivity index (χ4n) is 3.88. The van der Waals surface area contributed by atoms with E-state index in [0.29, 0.717) is 5.41 Å². The molecular formula is C17H36. The average Bonchev–Trinajstić information content (AvgIpc) is 2.30. The zero-order chi connectivity index (χ0) is 13.6. The van der Waals surface area contributed by atoms with Gasteiger partial charge in [-0.2, -0.15) is 0 Å². The quantitative estimate of drug-likeness (QED) is 0.554. The Morgan fingerprint density at radius 3 is 1.94 bits per heavy atom. The Kier molecular flexibility index (Phi) is 7.44. The lowest BCUT2D eigenvalue weighted by Gasteiger charge is -2.47. The van der Waals surface area contributed by atoms with Gasteiger partial charge in [0.2, 0.25) is 0 Å². The van der Waals surface area contributed by atoms with E-state index in [0.717, 1.165) is 23.7 Å². The molecule has 0 nitrogen and oxygen atoms in total. The van der Waals surface area contributed by atoms with Crippen LogP contribution in [0.4, 0.5) is 0 Å². The topological polar surface area (TPSA) is 0 Å². The van der Waals surface area contributed by atoms with Gasteiger partial charge in [-0.05, 0) is 48.3 Å². The summed E-state index contributed by atoms with van der Waals surface area (Å²) in [5.74, 6) is 3.64. The molecule has 0 heterocycles. The van der Waals surface area contributed by atoms with Gasteiger partial charge in [-0.15, -0.1) is 0 Å². The highest BCUT2D eigenvalue weighted by Gasteiger charge is 2.40. The molecule has 0 spiro atoms. The van der Waals surface area contributed by atoms with Crippen molar-refractivity contribution in [2.75, 3.05) is 0 Å². The minimum atomic E-state index is 0.658. The predicted octanol–water partition coefficient (Wildman–Crippen LogP) is 6.16. The Bertz CT molecular complexity index is 192. The molecular weight excluding hydrogens is 204 g/mol. The van der Waals surface area contributed by atoms with Crippen LogP contribution in [-0.4, -0.2) is 0 Å². The zero-order valence-electron chi connectivity index (χ0n) is 13.6. The first-order valence-corrected chi connectivity index (χ1v) is 7.93. The van der Waals surface area contributed by atoms with E-state index in [1.807, 2.05) is 13.8 Å². The van der Waals surface area contributed by atoms with Crippen LogP contribution in [0.5, 0.6) is 0 Å². The van der Waals surface area contributed by atoms with Gasteiger partial charge >= 0.3 is 0 Å². The molecule has 3 unspecified atom stereocenters. The smallest absolute Gasteiger partial charge is 0.0274 e. The lowest BCUT2D eigenvalue weighted by Crippen LogP contribution is -2.37. The fraction of sp³-hybridized carbons (Fsp3) is 1.00. The SMILES string of the molecule is CC.CCC1(C(C)C)CCC(C(C)C)C(C)C1. The molecule has 0 aliphatic heterocycles. The maximum Gasteiger partial charge on any atom is -0.0274 e. The second-order valence-electron chi connectivity index (χ2n) is 6.50. The molecule has 17 heavy (non-hydrogen) atoms. The van der Waals surface area contributed by atoms with Gasteiger partial charge in [-0.3, -0.25) is 0 Å². The Morgan fingerprint density at radius 2 is 1.65 bits per heavy atom. The molecule has 0 amide bonds. The largest absolute Gasteiger partial charge is 0.0683 e. The second-order valence-corrected chi connectivity index (χ2v) is 6.50. The van der Waals surface area contributed by atoms with Crippen molar-refractivity contribution in [1.29, 1.82) is 0 Å². The molecule has 0 radical (unpaired) electrons. The number of hydrogen-bond acceptors (Lipinski definition) is 0. The monoisotopic (exact) mass is 240 g/mol. The van der Waals surface area contributed by atoms with Gasteiger partial charge in [0.15, 0.2) is 0 Å². The van der Waals surface area contributed by atoms with Crippen LogP contribution in [0.2, 0.25) is 0 Å². The summed E-state index contributed by atoms with van der Waals surface area (Å²) in [7, 11) is 0. The van der Waals surface area contributed by atoms with Crippen LogP contribution in [-0.2, 0) is 0 Å². The van der Waals surface area contributed by atoms with Crippen LogP contribution in [0.25, 0.3) is 0 Å². The maximum atomic E-state index is 2.48. The van der Waals surface area contributed by atoms with E-state index >= 15 is 0 Å². The van der Waals surface area contributed by atoms with Crippen molar-refractivity contribution < 1.29 is 0 Å². The summed E-state index contributed by atoms with van der Waals surface area (Å²) < 4.78 is 0. The molecule has 0 saturated heterocycles. The first kappa shape index (κ1) is 17.0. The van der Waals surface area contributed by atoms with Crippen LogP contribution in [0.15, 0.2) is 0 Å². The first-order valence-electron chi connectivity index (χ1n) is 7.93. The van der Waals surface area contributed by atoms with Gasteiger partial charge in [0.05, 0.1) is 0 Å². The number of hydrogen-bond donors (Lipinski definition) is 0. The molecule has 0 aromatic heterocycles. The van der Waals surface area contributed by atoms with Crippen molar-refractivity contribution in [2.24, 2.45) is 29.1 Å². The van der Waals surface area contributed by atoms with Gasteiger partial charge in [-0.25, -0.2) is 0 Å². The maximum absolute atomic E-state index is 2.48. The van der Waals surface area contributed by atoms with Crippen molar-refractivity contribution >= 4 is 0 Å². The van der Waals surface area contributed by atoms with Crippen molar-refractivity contribution in [2.45, 2.75) is 81.1 Å². The normalized spacial score (nSPS) is 33.5. The van der Waals surface area contributed by atoms with E-state index in [9.17, 15) is 0 Å². The highest BCUT2D eigenvalue weighted by Crippen LogP contribution is 2.50. The summed E-state index contributed by atoms with van der Waals surface area (Å²) in [6.45, 7) is 18.5. The van der Waals surface area contributed by atoms with Gasteiger partial charge in [0.1, 0.15) is 0 Å². The van der Waals surface area contributed by atoms with E-state index in [-0.39, 0.29) is 0 Å². The third-order valence-corrected chi connectivity index (χ3v) is 5.22. The van der Waals surface area contributed by atoms with E-state index < -0.39 is 0 Å². The number of rotatable bonds is 3. The highest BCUT2D eigenvalue weighted by atomic mass is 14.5. The molecule has 0 aromatic carbocycles. The third kappa shape index (κ3) is 4.00. The zero-order valence-corrected chi connectivity index (χ0v) is 13.6. The van der Waals surface area contributed by atoms with Crippen LogP contribution >= 0.6 is 0 Å². The van der Waals surface area contributed by atoms with Gasteiger partial charge in [-0.1, -0.05) is 61.8 Å². The van der Waals surface area contributed by atoms with Crippen molar-refractivity contribution in [1.82, 2.24) is 0 Å². The third-order valence-electron chi connectivity index (χ3n) is 5.22. The molecule has 0 N–H and O–H groups in total. The molecule has 1 fully saturated rings. The standard InChI is InChI=1S/C15H30.C2H6/c1-7-15(12(4)5)9-8-14(11(2)3)13(6)10-15;1-2/h11-14H,7-10H2,1-6H3;1-2H3. The van der Waals surface area contributed by atoms with E-state index in [1.165, 1.54) is 25.7 Å². The lowest BCUT2D eigenvalue weighted by molar-refractivity contribution is 0.0312. The Balaban J connectivity index is 0.00000121. The van der Waals surface area contributed by atoms with E-state index in [4.69, 9.17) is 0 Å². The Morgan fingerprint density at radius 1 is 1.12 bits per heavy atom.